The Hall–Kier alpha value is -1.40. The van der Waals surface area contributed by atoms with Gasteiger partial charge in [-0.15, -0.1) is 5.10 Å². The van der Waals surface area contributed by atoms with Gasteiger partial charge in [0.1, 0.15) is 5.75 Å². The van der Waals surface area contributed by atoms with Gasteiger partial charge in [-0.05, 0) is 24.2 Å². The summed E-state index contributed by atoms with van der Waals surface area (Å²) in [4.78, 5) is 0. The molecule has 0 spiro atoms. The van der Waals surface area contributed by atoms with E-state index in [1.54, 1.807) is 0 Å². The summed E-state index contributed by atoms with van der Waals surface area (Å²) in [5.74, 6) is 0.999. The van der Waals surface area contributed by atoms with Gasteiger partial charge in [0, 0.05) is 29.1 Å². The Morgan fingerprint density at radius 3 is 3.16 bits per heavy atom. The lowest BCUT2D eigenvalue weighted by molar-refractivity contribution is 0.352. The summed E-state index contributed by atoms with van der Waals surface area (Å²) in [5, 5.41) is 8.22. The molecule has 5 nitrogen and oxygen atoms in total. The molecule has 0 unspecified atom stereocenters. The number of fused-ring (bicyclic) bond motifs is 1. The third-order valence-corrected chi connectivity index (χ3v) is 3.60. The van der Waals surface area contributed by atoms with Gasteiger partial charge in [0.15, 0.2) is 0 Å². The summed E-state index contributed by atoms with van der Waals surface area (Å²) in [7, 11) is 0. The van der Waals surface area contributed by atoms with Crippen molar-refractivity contribution in [1.82, 2.24) is 15.0 Å². The molecule has 0 radical (unpaired) electrons. The molecule has 1 aliphatic heterocycles. The van der Waals surface area contributed by atoms with Gasteiger partial charge < -0.3 is 10.5 Å². The highest BCUT2D eigenvalue weighted by atomic mass is 79.9. The second-order valence-electron chi connectivity index (χ2n) is 4.60. The number of halogens is 1. The first-order valence-electron chi connectivity index (χ1n) is 6.29. The Kier molecular flexibility index (Phi) is 3.52. The van der Waals surface area contributed by atoms with Crippen LogP contribution in [0, 0.1) is 0 Å². The molecule has 0 bridgehead atoms. The predicted octanol–water partition coefficient (Wildman–Crippen LogP) is 1.52. The lowest BCUT2D eigenvalue weighted by Crippen LogP contribution is -2.03. The van der Waals surface area contributed by atoms with Crippen molar-refractivity contribution in [2.45, 2.75) is 19.4 Å². The number of nitrogens with two attached hydrogens (primary N) is 1. The number of rotatable bonds is 4. The molecule has 0 saturated carbocycles. The second-order valence-corrected chi connectivity index (χ2v) is 5.51. The van der Waals surface area contributed by atoms with E-state index in [-0.39, 0.29) is 0 Å². The third kappa shape index (κ3) is 2.64. The molecule has 0 atom stereocenters. The van der Waals surface area contributed by atoms with Crippen molar-refractivity contribution in [2.24, 2.45) is 5.73 Å². The number of hydrogen-bond donors (Lipinski definition) is 1. The van der Waals surface area contributed by atoms with Crippen molar-refractivity contribution in [2.75, 3.05) is 13.2 Å². The van der Waals surface area contributed by atoms with Gasteiger partial charge in [-0.1, -0.05) is 21.1 Å². The van der Waals surface area contributed by atoms with Crippen LogP contribution in [-0.2, 0) is 19.4 Å². The van der Waals surface area contributed by atoms with Crippen LogP contribution in [0.2, 0.25) is 0 Å². The van der Waals surface area contributed by atoms with E-state index >= 15 is 0 Å². The Morgan fingerprint density at radius 1 is 1.42 bits per heavy atom. The summed E-state index contributed by atoms with van der Waals surface area (Å²) < 4.78 is 8.61. The summed E-state index contributed by atoms with van der Waals surface area (Å²) in [6, 6.07) is 4.20. The summed E-state index contributed by atoms with van der Waals surface area (Å²) in [5.41, 5.74) is 8.83. The minimum absolute atomic E-state index is 0.591. The Balaban J connectivity index is 1.86. The van der Waals surface area contributed by atoms with Gasteiger partial charge >= 0.3 is 0 Å². The van der Waals surface area contributed by atoms with E-state index < -0.39 is 0 Å². The predicted molar refractivity (Wildman–Crippen MR) is 75.2 cm³/mol. The van der Waals surface area contributed by atoms with Crippen molar-refractivity contribution in [3.05, 3.63) is 39.6 Å². The molecule has 0 aliphatic carbocycles. The van der Waals surface area contributed by atoms with Crippen LogP contribution < -0.4 is 10.5 Å². The molecule has 2 aromatic rings. The molecule has 0 amide bonds. The second kappa shape index (κ2) is 5.30. The zero-order chi connectivity index (χ0) is 13.2. The fourth-order valence-electron chi connectivity index (χ4n) is 2.32. The van der Waals surface area contributed by atoms with Crippen molar-refractivity contribution in [3.63, 3.8) is 0 Å². The Labute approximate surface area is 119 Å². The van der Waals surface area contributed by atoms with Crippen LogP contribution >= 0.6 is 15.9 Å². The van der Waals surface area contributed by atoms with E-state index in [4.69, 9.17) is 10.5 Å². The molecule has 1 aromatic carbocycles. The molecular weight excluding hydrogens is 308 g/mol. The minimum Gasteiger partial charge on any atom is -0.493 e. The van der Waals surface area contributed by atoms with Gasteiger partial charge in [-0.25, -0.2) is 4.68 Å². The van der Waals surface area contributed by atoms with E-state index in [1.165, 1.54) is 5.56 Å². The summed E-state index contributed by atoms with van der Waals surface area (Å²) >= 11 is 3.54. The maximum atomic E-state index is 5.71. The van der Waals surface area contributed by atoms with E-state index in [2.05, 4.69) is 38.4 Å². The fraction of sp³-hybridized carbons (Fsp3) is 0.385. The average molecular weight is 323 g/mol. The fourth-order valence-corrected chi connectivity index (χ4v) is 2.87. The van der Waals surface area contributed by atoms with Gasteiger partial charge in [0.2, 0.25) is 0 Å². The average Bonchev–Trinajstić information content (AvgIpc) is 2.98. The van der Waals surface area contributed by atoms with E-state index in [0.29, 0.717) is 13.1 Å². The lowest BCUT2D eigenvalue weighted by Gasteiger charge is -2.08. The first-order chi connectivity index (χ1) is 9.26. The molecule has 19 heavy (non-hydrogen) atoms. The molecule has 2 N–H and O–H groups in total. The first-order valence-corrected chi connectivity index (χ1v) is 7.09. The molecular formula is C13H15BrN4O. The molecule has 0 fully saturated rings. The van der Waals surface area contributed by atoms with Crippen molar-refractivity contribution in [3.8, 4) is 5.75 Å². The highest BCUT2D eigenvalue weighted by Gasteiger charge is 2.18. The van der Waals surface area contributed by atoms with Gasteiger partial charge in [-0.2, -0.15) is 0 Å². The molecule has 0 saturated heterocycles. The Bertz CT molecular complexity index is 596. The van der Waals surface area contributed by atoms with E-state index in [0.717, 1.165) is 40.9 Å². The van der Waals surface area contributed by atoms with E-state index in [9.17, 15) is 0 Å². The summed E-state index contributed by atoms with van der Waals surface area (Å²) in [6.07, 6.45) is 3.67. The van der Waals surface area contributed by atoms with Crippen LogP contribution in [-0.4, -0.2) is 28.1 Å². The minimum atomic E-state index is 0.591. The zero-order valence-electron chi connectivity index (χ0n) is 10.5. The quantitative estimate of drug-likeness (QED) is 0.927. The first kappa shape index (κ1) is 12.6. The molecule has 100 valence electrons. The molecule has 3 rings (SSSR count). The molecule has 1 aliphatic rings. The van der Waals surface area contributed by atoms with Crippen LogP contribution in [0.4, 0.5) is 0 Å². The number of benzene rings is 1. The topological polar surface area (TPSA) is 66.0 Å². The van der Waals surface area contributed by atoms with Crippen LogP contribution in [0.15, 0.2) is 22.8 Å². The van der Waals surface area contributed by atoms with Crippen molar-refractivity contribution in [1.29, 1.82) is 0 Å². The van der Waals surface area contributed by atoms with Crippen molar-refractivity contribution < 1.29 is 4.74 Å². The monoisotopic (exact) mass is 322 g/mol. The highest BCUT2D eigenvalue weighted by Crippen LogP contribution is 2.33. The van der Waals surface area contributed by atoms with Crippen LogP contribution in [0.25, 0.3) is 0 Å². The third-order valence-electron chi connectivity index (χ3n) is 3.14. The van der Waals surface area contributed by atoms with Crippen LogP contribution in [0.3, 0.4) is 0 Å². The van der Waals surface area contributed by atoms with Gasteiger partial charge in [0.25, 0.3) is 0 Å². The Morgan fingerprint density at radius 2 is 2.32 bits per heavy atom. The number of aromatic nitrogens is 3. The normalized spacial score (nSPS) is 13.4. The smallest absolute Gasteiger partial charge is 0.127 e. The lowest BCUT2D eigenvalue weighted by atomic mass is 10.1. The standard InChI is InChI=1S/C13H15BrN4O/c14-11-5-9-2-4-19-13(9)10(6-11)7-18-8-12(1-3-15)16-17-18/h5-6,8H,1-4,7,15H2. The van der Waals surface area contributed by atoms with Gasteiger partial charge in [-0.3, -0.25) is 0 Å². The zero-order valence-corrected chi connectivity index (χ0v) is 12.1. The van der Waals surface area contributed by atoms with Crippen LogP contribution in [0.5, 0.6) is 5.75 Å². The maximum absolute atomic E-state index is 5.71. The number of hydrogen-bond acceptors (Lipinski definition) is 4. The molecule has 2 heterocycles. The highest BCUT2D eigenvalue weighted by molar-refractivity contribution is 9.10. The van der Waals surface area contributed by atoms with E-state index in [1.807, 2.05) is 10.9 Å². The SMILES string of the molecule is NCCc1cn(Cc2cc(Br)cc3c2OCC3)nn1. The number of ether oxygens (including phenoxy) is 1. The molecule has 1 aromatic heterocycles. The molecule has 6 heteroatoms. The maximum Gasteiger partial charge on any atom is 0.127 e. The summed E-state index contributed by atoms with van der Waals surface area (Å²) in [6.45, 7) is 2.02. The van der Waals surface area contributed by atoms with Crippen molar-refractivity contribution >= 4 is 15.9 Å². The largest absolute Gasteiger partial charge is 0.493 e. The number of nitrogens with zero attached hydrogens (tertiary/aromatic N) is 3. The van der Waals surface area contributed by atoms with Gasteiger partial charge in [0.05, 0.1) is 18.8 Å². The van der Waals surface area contributed by atoms with Crippen LogP contribution in [0.1, 0.15) is 16.8 Å².